The van der Waals surface area contributed by atoms with Crippen molar-refractivity contribution in [2.24, 2.45) is 0 Å². The third-order valence-corrected chi connectivity index (χ3v) is 2.07. The van der Waals surface area contributed by atoms with Crippen LogP contribution >= 0.6 is 15.9 Å². The van der Waals surface area contributed by atoms with Crippen molar-refractivity contribution in [3.63, 3.8) is 0 Å². The van der Waals surface area contributed by atoms with Crippen molar-refractivity contribution in [1.82, 2.24) is 30.0 Å². The Morgan fingerprint density at radius 1 is 1.53 bits per heavy atom. The van der Waals surface area contributed by atoms with Crippen molar-refractivity contribution in [2.45, 2.75) is 0 Å². The van der Waals surface area contributed by atoms with E-state index in [1.165, 1.54) is 12.4 Å². The van der Waals surface area contributed by atoms with Gasteiger partial charge in [0.2, 0.25) is 0 Å². The Bertz CT molecular complexity index is 536. The molecule has 0 aliphatic heterocycles. The van der Waals surface area contributed by atoms with Gasteiger partial charge in [-0.3, -0.25) is 0 Å². The van der Waals surface area contributed by atoms with Crippen molar-refractivity contribution in [2.75, 3.05) is 0 Å². The summed E-state index contributed by atoms with van der Waals surface area (Å²) in [5.74, 6) is 0. The SMILES string of the molecule is N#Cc1c(Br)nnn1C(=O)n1ccnn1. The van der Waals surface area contributed by atoms with Crippen LogP contribution in [0.15, 0.2) is 17.0 Å². The summed E-state index contributed by atoms with van der Waals surface area (Å²) in [4.78, 5) is 11.6. The Balaban J connectivity index is 2.48. The van der Waals surface area contributed by atoms with E-state index >= 15 is 0 Å². The van der Waals surface area contributed by atoms with Gasteiger partial charge in [-0.2, -0.15) is 9.94 Å². The van der Waals surface area contributed by atoms with E-state index in [0.29, 0.717) is 0 Å². The third-order valence-electron chi connectivity index (χ3n) is 1.53. The Hall–Kier alpha value is -2.08. The third kappa shape index (κ3) is 1.50. The molecule has 2 heterocycles. The number of hydrogen-bond donors (Lipinski definition) is 0. The van der Waals surface area contributed by atoms with Crippen LogP contribution in [0.3, 0.4) is 0 Å². The quantitative estimate of drug-likeness (QED) is 0.667. The standard InChI is InChI=1S/C6H2BrN7O/c7-5-4(3-8)14(12-10-5)6(15)13-2-1-9-11-13/h1-2H. The summed E-state index contributed by atoms with van der Waals surface area (Å²) in [5.41, 5.74) is 0.00972. The highest BCUT2D eigenvalue weighted by molar-refractivity contribution is 9.10. The number of carbonyl (C=O) groups excluding carboxylic acids is 1. The largest absolute Gasteiger partial charge is 0.373 e. The molecule has 0 N–H and O–H groups in total. The zero-order valence-corrected chi connectivity index (χ0v) is 8.66. The lowest BCUT2D eigenvalue weighted by Gasteiger charge is -1.97. The molecule has 0 unspecified atom stereocenters. The van der Waals surface area contributed by atoms with Crippen LogP contribution in [0.4, 0.5) is 4.79 Å². The molecular weight excluding hydrogens is 266 g/mol. The van der Waals surface area contributed by atoms with Crippen LogP contribution in [0.2, 0.25) is 0 Å². The zero-order valence-electron chi connectivity index (χ0n) is 7.07. The number of carbonyl (C=O) groups is 1. The highest BCUT2D eigenvalue weighted by atomic mass is 79.9. The molecule has 0 bridgehead atoms. The van der Waals surface area contributed by atoms with E-state index in [2.05, 4.69) is 36.6 Å². The summed E-state index contributed by atoms with van der Waals surface area (Å²) in [5, 5.41) is 22.7. The van der Waals surface area contributed by atoms with E-state index in [9.17, 15) is 4.79 Å². The molecule has 15 heavy (non-hydrogen) atoms. The summed E-state index contributed by atoms with van der Waals surface area (Å²) in [6, 6.07) is 1.17. The second-order valence-corrected chi connectivity index (χ2v) is 3.13. The van der Waals surface area contributed by atoms with E-state index in [1.807, 2.05) is 0 Å². The van der Waals surface area contributed by atoms with Crippen molar-refractivity contribution in [3.8, 4) is 6.07 Å². The summed E-state index contributed by atoms with van der Waals surface area (Å²) in [6.07, 6.45) is 2.69. The summed E-state index contributed by atoms with van der Waals surface area (Å²) >= 11 is 2.99. The van der Waals surface area contributed by atoms with Crippen LogP contribution in [-0.4, -0.2) is 36.0 Å². The van der Waals surface area contributed by atoms with Crippen molar-refractivity contribution in [3.05, 3.63) is 22.7 Å². The molecule has 0 aliphatic carbocycles. The van der Waals surface area contributed by atoms with Gasteiger partial charge in [-0.1, -0.05) is 10.4 Å². The highest BCUT2D eigenvalue weighted by Gasteiger charge is 2.18. The maximum Gasteiger partial charge on any atom is 0.373 e. The van der Waals surface area contributed by atoms with Gasteiger partial charge in [0.05, 0.1) is 12.4 Å². The van der Waals surface area contributed by atoms with Gasteiger partial charge in [0.25, 0.3) is 0 Å². The molecule has 0 aliphatic rings. The van der Waals surface area contributed by atoms with E-state index in [0.717, 1.165) is 9.36 Å². The molecule has 0 fully saturated rings. The van der Waals surface area contributed by atoms with Crippen molar-refractivity contribution < 1.29 is 4.79 Å². The number of nitriles is 1. The minimum atomic E-state index is -0.623. The van der Waals surface area contributed by atoms with Gasteiger partial charge in [-0.25, -0.2) is 4.79 Å². The van der Waals surface area contributed by atoms with Gasteiger partial charge in [0, 0.05) is 0 Å². The van der Waals surface area contributed by atoms with Crippen molar-refractivity contribution in [1.29, 1.82) is 5.26 Å². The fraction of sp³-hybridized carbons (Fsp3) is 0. The Morgan fingerprint density at radius 2 is 2.33 bits per heavy atom. The molecule has 0 saturated heterocycles. The van der Waals surface area contributed by atoms with Crippen LogP contribution in [0.25, 0.3) is 0 Å². The van der Waals surface area contributed by atoms with Crippen LogP contribution in [-0.2, 0) is 0 Å². The predicted molar refractivity (Wildman–Crippen MR) is 48.7 cm³/mol. The first-order valence-electron chi connectivity index (χ1n) is 3.66. The Kier molecular flexibility index (Phi) is 2.26. The summed E-state index contributed by atoms with van der Waals surface area (Å²) < 4.78 is 1.99. The minimum absolute atomic E-state index is 0.00972. The number of rotatable bonds is 0. The van der Waals surface area contributed by atoms with Gasteiger partial charge in [-0.05, 0) is 15.9 Å². The number of nitrogens with zero attached hydrogens (tertiary/aromatic N) is 7. The van der Waals surface area contributed by atoms with E-state index in [1.54, 1.807) is 6.07 Å². The molecular formula is C6H2BrN7O. The molecule has 0 spiro atoms. The second kappa shape index (κ2) is 3.58. The molecule has 2 aromatic rings. The van der Waals surface area contributed by atoms with Gasteiger partial charge in [-0.15, -0.1) is 14.9 Å². The molecule has 0 saturated carbocycles. The maximum absolute atomic E-state index is 11.6. The second-order valence-electron chi connectivity index (χ2n) is 2.38. The molecule has 74 valence electrons. The van der Waals surface area contributed by atoms with Crippen LogP contribution in [0, 0.1) is 11.3 Å². The fourth-order valence-corrected chi connectivity index (χ4v) is 1.23. The zero-order chi connectivity index (χ0) is 10.8. The van der Waals surface area contributed by atoms with Gasteiger partial charge < -0.3 is 0 Å². The lowest BCUT2D eigenvalue weighted by molar-refractivity contribution is 0.237. The first kappa shape index (κ1) is 9.47. The lowest BCUT2D eigenvalue weighted by Crippen LogP contribution is -2.22. The van der Waals surface area contributed by atoms with Crippen LogP contribution in [0.1, 0.15) is 5.69 Å². The molecule has 8 nitrogen and oxygen atoms in total. The molecule has 9 heteroatoms. The average Bonchev–Trinajstić information content (AvgIpc) is 2.85. The minimum Gasteiger partial charge on any atom is -0.243 e. The summed E-state index contributed by atoms with van der Waals surface area (Å²) in [6.45, 7) is 0. The lowest BCUT2D eigenvalue weighted by atomic mass is 10.5. The topological polar surface area (TPSA) is 102 Å². The number of halogens is 1. The normalized spacial score (nSPS) is 9.87. The van der Waals surface area contributed by atoms with E-state index in [4.69, 9.17) is 5.26 Å². The predicted octanol–water partition coefficient (Wildman–Crippen LogP) is 0.0202. The monoisotopic (exact) mass is 267 g/mol. The molecule has 2 aromatic heterocycles. The Labute approximate surface area is 91.2 Å². The first-order chi connectivity index (χ1) is 7.24. The van der Waals surface area contributed by atoms with Gasteiger partial charge >= 0.3 is 6.03 Å². The molecule has 0 radical (unpaired) electrons. The Morgan fingerprint density at radius 3 is 2.93 bits per heavy atom. The molecule has 0 aromatic carbocycles. The highest BCUT2D eigenvalue weighted by Crippen LogP contribution is 2.11. The molecule has 2 rings (SSSR count). The molecule has 0 atom stereocenters. The maximum atomic E-state index is 11.6. The van der Waals surface area contributed by atoms with E-state index < -0.39 is 6.03 Å². The average molecular weight is 268 g/mol. The van der Waals surface area contributed by atoms with Crippen LogP contribution in [0.5, 0.6) is 0 Å². The van der Waals surface area contributed by atoms with E-state index in [-0.39, 0.29) is 10.3 Å². The van der Waals surface area contributed by atoms with Gasteiger partial charge in [0.15, 0.2) is 10.3 Å². The van der Waals surface area contributed by atoms with Crippen LogP contribution < -0.4 is 0 Å². The smallest absolute Gasteiger partial charge is 0.243 e. The van der Waals surface area contributed by atoms with Crippen molar-refractivity contribution >= 4 is 22.0 Å². The molecule has 0 amide bonds. The van der Waals surface area contributed by atoms with Gasteiger partial charge in [0.1, 0.15) is 6.07 Å². The fourth-order valence-electron chi connectivity index (χ4n) is 0.898. The number of hydrogen-bond acceptors (Lipinski definition) is 6. The summed E-state index contributed by atoms with van der Waals surface area (Å²) in [7, 11) is 0. The number of aromatic nitrogens is 6. The first-order valence-corrected chi connectivity index (χ1v) is 4.45.